The molecule has 1 aromatic rings. The molecular weight excluding hydrogens is 304 g/mol. The summed E-state index contributed by atoms with van der Waals surface area (Å²) >= 11 is 0. The molecule has 0 bridgehead atoms. The van der Waals surface area contributed by atoms with Gasteiger partial charge in [-0.2, -0.15) is 0 Å². The van der Waals surface area contributed by atoms with Crippen molar-refractivity contribution in [2.24, 2.45) is 0 Å². The lowest BCUT2D eigenvalue weighted by atomic mass is 10.1. The highest BCUT2D eigenvalue weighted by molar-refractivity contribution is 5.82. The van der Waals surface area contributed by atoms with E-state index in [1.807, 2.05) is 11.0 Å². The van der Waals surface area contributed by atoms with Gasteiger partial charge in [-0.25, -0.2) is 0 Å². The van der Waals surface area contributed by atoms with Crippen molar-refractivity contribution in [3.05, 3.63) is 23.8 Å². The first-order valence-electron chi connectivity index (χ1n) is 9.02. The monoisotopic (exact) mass is 332 g/mol. The SMILES string of the molecule is CCC1CN(C(=O)CN2CCCCc3ccc(OC)cc32)CCO1. The van der Waals surface area contributed by atoms with Crippen LogP contribution in [-0.2, 0) is 16.0 Å². The molecule has 3 rings (SSSR count). The van der Waals surface area contributed by atoms with Crippen molar-refractivity contribution in [3.8, 4) is 5.75 Å². The predicted molar refractivity (Wildman–Crippen MR) is 94.8 cm³/mol. The van der Waals surface area contributed by atoms with Gasteiger partial charge < -0.3 is 19.3 Å². The van der Waals surface area contributed by atoms with Crippen molar-refractivity contribution in [1.82, 2.24) is 4.90 Å². The van der Waals surface area contributed by atoms with Crippen LogP contribution in [0.25, 0.3) is 0 Å². The van der Waals surface area contributed by atoms with E-state index in [4.69, 9.17) is 9.47 Å². The van der Waals surface area contributed by atoms with Crippen molar-refractivity contribution in [2.75, 3.05) is 44.8 Å². The maximum atomic E-state index is 12.8. The van der Waals surface area contributed by atoms with Gasteiger partial charge in [-0.15, -0.1) is 0 Å². The largest absolute Gasteiger partial charge is 0.497 e. The van der Waals surface area contributed by atoms with E-state index in [0.29, 0.717) is 26.2 Å². The molecule has 0 spiro atoms. The maximum Gasteiger partial charge on any atom is 0.242 e. The van der Waals surface area contributed by atoms with Gasteiger partial charge in [0.05, 0.1) is 26.4 Å². The number of fused-ring (bicyclic) bond motifs is 1. The Kier molecular flexibility index (Phi) is 5.61. The molecular formula is C19H28N2O3. The summed E-state index contributed by atoms with van der Waals surface area (Å²) < 4.78 is 11.1. The molecule has 1 aromatic carbocycles. The van der Waals surface area contributed by atoms with Crippen molar-refractivity contribution in [2.45, 2.75) is 38.7 Å². The Morgan fingerprint density at radius 3 is 3.00 bits per heavy atom. The maximum absolute atomic E-state index is 12.8. The fraction of sp³-hybridized carbons (Fsp3) is 0.632. The Bertz CT molecular complexity index is 576. The van der Waals surface area contributed by atoms with Gasteiger partial charge in [0, 0.05) is 31.4 Å². The van der Waals surface area contributed by atoms with Crippen LogP contribution in [0.1, 0.15) is 31.7 Å². The van der Waals surface area contributed by atoms with Crippen LogP contribution in [0.2, 0.25) is 0 Å². The first-order valence-corrected chi connectivity index (χ1v) is 9.02. The second-order valence-electron chi connectivity index (χ2n) is 6.61. The molecule has 132 valence electrons. The number of morpholine rings is 1. The number of aryl methyl sites for hydroxylation is 1. The summed E-state index contributed by atoms with van der Waals surface area (Å²) in [6.07, 6.45) is 4.48. The zero-order valence-corrected chi connectivity index (χ0v) is 14.8. The number of anilines is 1. The third-order valence-corrected chi connectivity index (χ3v) is 5.03. The highest BCUT2D eigenvalue weighted by atomic mass is 16.5. The molecule has 1 atom stereocenters. The number of ether oxygens (including phenoxy) is 2. The predicted octanol–water partition coefficient (Wildman–Crippen LogP) is 2.48. The average molecular weight is 332 g/mol. The molecule has 0 aliphatic carbocycles. The minimum absolute atomic E-state index is 0.180. The van der Waals surface area contributed by atoms with Crippen LogP contribution in [0.3, 0.4) is 0 Å². The summed E-state index contributed by atoms with van der Waals surface area (Å²) in [5.74, 6) is 1.05. The molecule has 1 fully saturated rings. The topological polar surface area (TPSA) is 42.0 Å². The summed E-state index contributed by atoms with van der Waals surface area (Å²) in [6.45, 7) is 5.54. The number of carbonyl (C=O) groups is 1. The summed E-state index contributed by atoms with van der Waals surface area (Å²) in [5, 5.41) is 0. The molecule has 5 heteroatoms. The van der Waals surface area contributed by atoms with E-state index in [1.165, 1.54) is 12.0 Å². The van der Waals surface area contributed by atoms with Crippen molar-refractivity contribution in [3.63, 3.8) is 0 Å². The molecule has 2 aliphatic heterocycles. The molecule has 5 nitrogen and oxygen atoms in total. The van der Waals surface area contributed by atoms with Gasteiger partial charge in [0.15, 0.2) is 0 Å². The summed E-state index contributed by atoms with van der Waals surface area (Å²) in [7, 11) is 1.69. The smallest absolute Gasteiger partial charge is 0.242 e. The lowest BCUT2D eigenvalue weighted by molar-refractivity contribution is -0.137. The average Bonchev–Trinajstić information content (AvgIpc) is 2.83. The van der Waals surface area contributed by atoms with Gasteiger partial charge in [0.2, 0.25) is 5.91 Å². The Balaban J connectivity index is 1.73. The molecule has 1 amide bonds. The molecule has 0 saturated carbocycles. The van der Waals surface area contributed by atoms with Gasteiger partial charge in [-0.1, -0.05) is 13.0 Å². The first-order chi connectivity index (χ1) is 11.7. The Morgan fingerprint density at radius 1 is 1.33 bits per heavy atom. The van der Waals surface area contributed by atoms with Crippen LogP contribution < -0.4 is 9.64 Å². The molecule has 2 aliphatic rings. The second kappa shape index (κ2) is 7.88. The van der Waals surface area contributed by atoms with E-state index in [1.54, 1.807) is 7.11 Å². The van der Waals surface area contributed by atoms with Crippen LogP contribution in [0, 0.1) is 0 Å². The van der Waals surface area contributed by atoms with Crippen LogP contribution in [-0.4, -0.2) is 56.8 Å². The second-order valence-corrected chi connectivity index (χ2v) is 6.61. The third-order valence-electron chi connectivity index (χ3n) is 5.03. The van der Waals surface area contributed by atoms with E-state index in [0.717, 1.165) is 37.2 Å². The standard InChI is InChI=1S/C19H28N2O3/c1-3-16-13-21(10-11-24-16)19(22)14-20-9-5-4-6-15-7-8-17(23-2)12-18(15)20/h7-8,12,16H,3-6,9-11,13-14H2,1-2H3. The molecule has 1 saturated heterocycles. The first kappa shape index (κ1) is 17.1. The summed E-state index contributed by atoms with van der Waals surface area (Å²) in [5.41, 5.74) is 2.47. The van der Waals surface area contributed by atoms with Gasteiger partial charge in [-0.3, -0.25) is 4.79 Å². The van der Waals surface area contributed by atoms with Crippen LogP contribution in [0.4, 0.5) is 5.69 Å². The molecule has 1 unspecified atom stereocenters. The zero-order valence-electron chi connectivity index (χ0n) is 14.8. The van der Waals surface area contributed by atoms with E-state index in [-0.39, 0.29) is 12.0 Å². The van der Waals surface area contributed by atoms with Crippen molar-refractivity contribution < 1.29 is 14.3 Å². The Hall–Kier alpha value is -1.75. The summed E-state index contributed by atoms with van der Waals surface area (Å²) in [6, 6.07) is 6.22. The fourth-order valence-electron chi connectivity index (χ4n) is 3.54. The number of benzene rings is 1. The summed E-state index contributed by atoms with van der Waals surface area (Å²) in [4.78, 5) is 17.0. The number of methoxy groups -OCH3 is 1. The van der Waals surface area contributed by atoms with Gasteiger partial charge >= 0.3 is 0 Å². The van der Waals surface area contributed by atoms with Crippen molar-refractivity contribution in [1.29, 1.82) is 0 Å². The molecule has 24 heavy (non-hydrogen) atoms. The van der Waals surface area contributed by atoms with E-state index in [9.17, 15) is 4.79 Å². The highest BCUT2D eigenvalue weighted by Crippen LogP contribution is 2.30. The minimum atomic E-state index is 0.180. The Labute approximate surface area is 144 Å². The molecule has 0 N–H and O–H groups in total. The quantitative estimate of drug-likeness (QED) is 0.849. The number of carbonyl (C=O) groups excluding carboxylic acids is 1. The lowest BCUT2D eigenvalue weighted by Gasteiger charge is -2.34. The number of rotatable bonds is 4. The lowest BCUT2D eigenvalue weighted by Crippen LogP contribution is -2.49. The zero-order chi connectivity index (χ0) is 16.9. The number of hydrogen-bond donors (Lipinski definition) is 0. The number of amides is 1. The van der Waals surface area contributed by atoms with Gasteiger partial charge in [0.25, 0.3) is 0 Å². The van der Waals surface area contributed by atoms with Crippen LogP contribution in [0.5, 0.6) is 5.75 Å². The van der Waals surface area contributed by atoms with E-state index in [2.05, 4.69) is 24.0 Å². The molecule has 0 radical (unpaired) electrons. The molecule has 2 heterocycles. The van der Waals surface area contributed by atoms with Crippen molar-refractivity contribution >= 4 is 11.6 Å². The number of nitrogens with zero attached hydrogens (tertiary/aromatic N) is 2. The van der Waals surface area contributed by atoms with Gasteiger partial charge in [-0.05, 0) is 37.3 Å². The third kappa shape index (κ3) is 3.83. The highest BCUT2D eigenvalue weighted by Gasteiger charge is 2.26. The van der Waals surface area contributed by atoms with Gasteiger partial charge in [0.1, 0.15) is 5.75 Å². The normalized spacial score (nSPS) is 21.2. The Morgan fingerprint density at radius 2 is 2.21 bits per heavy atom. The molecule has 0 aromatic heterocycles. The van der Waals surface area contributed by atoms with Crippen LogP contribution >= 0.6 is 0 Å². The van der Waals surface area contributed by atoms with Crippen LogP contribution in [0.15, 0.2) is 18.2 Å². The van der Waals surface area contributed by atoms with E-state index >= 15 is 0 Å². The minimum Gasteiger partial charge on any atom is -0.497 e. The number of hydrogen-bond acceptors (Lipinski definition) is 4. The fourth-order valence-corrected chi connectivity index (χ4v) is 3.54. The van der Waals surface area contributed by atoms with E-state index < -0.39 is 0 Å².